The SMILES string of the molecule is CCN1CC(CC=O)c2c(C)cccc21. The number of likely N-dealkylation sites (N-methyl/N-ethyl adjacent to an activating group) is 1. The molecule has 2 nitrogen and oxygen atoms in total. The third-order valence-corrected chi connectivity index (χ3v) is 3.25. The summed E-state index contributed by atoms with van der Waals surface area (Å²) < 4.78 is 0. The van der Waals surface area contributed by atoms with E-state index in [-0.39, 0.29) is 0 Å². The molecule has 80 valence electrons. The van der Waals surface area contributed by atoms with Crippen LogP contribution in [0.5, 0.6) is 0 Å². The molecule has 2 rings (SSSR count). The zero-order valence-corrected chi connectivity index (χ0v) is 9.36. The molecule has 0 bridgehead atoms. The van der Waals surface area contributed by atoms with Crippen LogP contribution in [0.15, 0.2) is 18.2 Å². The highest BCUT2D eigenvalue weighted by atomic mass is 16.1. The number of hydrogen-bond acceptors (Lipinski definition) is 2. The van der Waals surface area contributed by atoms with Gasteiger partial charge in [-0.1, -0.05) is 12.1 Å². The van der Waals surface area contributed by atoms with Gasteiger partial charge in [0, 0.05) is 31.1 Å². The minimum Gasteiger partial charge on any atom is -0.371 e. The molecule has 1 unspecified atom stereocenters. The number of fused-ring (bicyclic) bond motifs is 1. The highest BCUT2D eigenvalue weighted by Crippen LogP contribution is 2.39. The molecule has 0 fully saturated rings. The van der Waals surface area contributed by atoms with Crippen molar-refractivity contribution in [2.75, 3.05) is 18.0 Å². The zero-order valence-electron chi connectivity index (χ0n) is 9.36. The van der Waals surface area contributed by atoms with Crippen LogP contribution in [0.25, 0.3) is 0 Å². The third kappa shape index (κ3) is 1.65. The number of rotatable bonds is 3. The molecule has 1 heterocycles. The van der Waals surface area contributed by atoms with Crippen molar-refractivity contribution in [1.82, 2.24) is 0 Å². The summed E-state index contributed by atoms with van der Waals surface area (Å²) >= 11 is 0. The van der Waals surface area contributed by atoms with E-state index in [0.717, 1.165) is 19.4 Å². The lowest BCUT2D eigenvalue weighted by Crippen LogP contribution is -2.21. The van der Waals surface area contributed by atoms with Crippen molar-refractivity contribution in [3.8, 4) is 0 Å². The highest BCUT2D eigenvalue weighted by molar-refractivity contribution is 5.65. The highest BCUT2D eigenvalue weighted by Gasteiger charge is 2.28. The number of benzene rings is 1. The van der Waals surface area contributed by atoms with Crippen LogP contribution in [-0.2, 0) is 4.79 Å². The summed E-state index contributed by atoms with van der Waals surface area (Å²) in [6.45, 7) is 6.31. The average Bonchev–Trinajstić information content (AvgIpc) is 2.59. The zero-order chi connectivity index (χ0) is 10.8. The molecule has 0 aromatic heterocycles. The molecule has 0 radical (unpaired) electrons. The van der Waals surface area contributed by atoms with Crippen molar-refractivity contribution >= 4 is 12.0 Å². The lowest BCUT2D eigenvalue weighted by Gasteiger charge is -2.16. The van der Waals surface area contributed by atoms with E-state index in [9.17, 15) is 4.79 Å². The van der Waals surface area contributed by atoms with Crippen molar-refractivity contribution in [1.29, 1.82) is 0 Å². The molecule has 1 atom stereocenters. The van der Waals surface area contributed by atoms with Gasteiger partial charge in [-0.3, -0.25) is 0 Å². The first-order valence-corrected chi connectivity index (χ1v) is 5.56. The maximum absolute atomic E-state index is 10.7. The van der Waals surface area contributed by atoms with Gasteiger partial charge >= 0.3 is 0 Å². The first kappa shape index (κ1) is 10.2. The molecule has 1 aromatic rings. The Morgan fingerprint density at radius 2 is 2.33 bits per heavy atom. The number of carbonyl (C=O) groups excluding carboxylic acids is 1. The fourth-order valence-corrected chi connectivity index (χ4v) is 2.54. The summed E-state index contributed by atoms with van der Waals surface area (Å²) in [5.74, 6) is 0.402. The van der Waals surface area contributed by atoms with Gasteiger partial charge in [0.2, 0.25) is 0 Å². The van der Waals surface area contributed by atoms with Crippen LogP contribution in [0.1, 0.15) is 30.4 Å². The summed E-state index contributed by atoms with van der Waals surface area (Å²) in [4.78, 5) is 13.0. The largest absolute Gasteiger partial charge is 0.371 e. The maximum Gasteiger partial charge on any atom is 0.120 e. The summed E-state index contributed by atoms with van der Waals surface area (Å²) in [6.07, 6.45) is 1.69. The molecule has 0 N–H and O–H groups in total. The Kier molecular flexibility index (Phi) is 2.76. The normalized spacial score (nSPS) is 19.1. The van der Waals surface area contributed by atoms with Crippen LogP contribution >= 0.6 is 0 Å². The molecule has 0 saturated heterocycles. The van der Waals surface area contributed by atoms with Gasteiger partial charge in [0.05, 0.1) is 0 Å². The van der Waals surface area contributed by atoms with Crippen LogP contribution in [0.3, 0.4) is 0 Å². The number of aryl methyl sites for hydroxylation is 1. The average molecular weight is 203 g/mol. The molecule has 0 saturated carbocycles. The summed E-state index contributed by atoms with van der Waals surface area (Å²) in [6, 6.07) is 6.40. The Hall–Kier alpha value is -1.31. The standard InChI is InChI=1S/C13H17NO/c1-3-14-9-11(7-8-15)13-10(2)5-4-6-12(13)14/h4-6,8,11H,3,7,9H2,1-2H3. The van der Waals surface area contributed by atoms with Crippen molar-refractivity contribution in [2.24, 2.45) is 0 Å². The van der Waals surface area contributed by atoms with Gasteiger partial charge in [-0.05, 0) is 31.0 Å². The predicted molar refractivity (Wildman–Crippen MR) is 62.5 cm³/mol. The number of hydrogen-bond donors (Lipinski definition) is 0. The van der Waals surface area contributed by atoms with E-state index < -0.39 is 0 Å². The summed E-state index contributed by atoms with van der Waals surface area (Å²) in [5.41, 5.74) is 4.02. The van der Waals surface area contributed by atoms with Crippen LogP contribution in [0.4, 0.5) is 5.69 Å². The van der Waals surface area contributed by atoms with E-state index in [1.54, 1.807) is 0 Å². The number of aldehydes is 1. The second-order valence-corrected chi connectivity index (χ2v) is 4.15. The lowest BCUT2D eigenvalue weighted by molar-refractivity contribution is -0.108. The van der Waals surface area contributed by atoms with Crippen molar-refractivity contribution in [2.45, 2.75) is 26.2 Å². The summed E-state index contributed by atoms with van der Waals surface area (Å²) in [7, 11) is 0. The van der Waals surface area contributed by atoms with E-state index in [2.05, 4.69) is 36.9 Å². The molecule has 1 aliphatic rings. The lowest BCUT2D eigenvalue weighted by atomic mass is 9.94. The number of nitrogens with zero attached hydrogens (tertiary/aromatic N) is 1. The Morgan fingerprint density at radius 3 is 3.00 bits per heavy atom. The molecule has 0 amide bonds. The van der Waals surface area contributed by atoms with E-state index in [4.69, 9.17) is 0 Å². The fraction of sp³-hybridized carbons (Fsp3) is 0.462. The van der Waals surface area contributed by atoms with Crippen LogP contribution in [0.2, 0.25) is 0 Å². The Labute approximate surface area is 90.9 Å². The minimum atomic E-state index is 0.402. The predicted octanol–water partition coefficient (Wildman–Crippen LogP) is 2.51. The van der Waals surface area contributed by atoms with Gasteiger partial charge in [-0.25, -0.2) is 0 Å². The minimum absolute atomic E-state index is 0.402. The van der Waals surface area contributed by atoms with E-state index in [0.29, 0.717) is 12.3 Å². The van der Waals surface area contributed by atoms with Gasteiger partial charge in [0.15, 0.2) is 0 Å². The first-order valence-electron chi connectivity index (χ1n) is 5.56. The second-order valence-electron chi connectivity index (χ2n) is 4.15. The van der Waals surface area contributed by atoms with E-state index in [1.165, 1.54) is 16.8 Å². The Balaban J connectivity index is 2.43. The molecule has 2 heteroatoms. The quantitative estimate of drug-likeness (QED) is 0.703. The van der Waals surface area contributed by atoms with E-state index in [1.807, 2.05) is 0 Å². The molecule has 1 aromatic carbocycles. The molecular weight excluding hydrogens is 186 g/mol. The van der Waals surface area contributed by atoms with Gasteiger partial charge in [-0.15, -0.1) is 0 Å². The number of carbonyl (C=O) groups is 1. The van der Waals surface area contributed by atoms with Crippen LogP contribution in [0, 0.1) is 6.92 Å². The van der Waals surface area contributed by atoms with Crippen molar-refractivity contribution in [3.63, 3.8) is 0 Å². The van der Waals surface area contributed by atoms with Gasteiger partial charge in [0.1, 0.15) is 6.29 Å². The molecule has 15 heavy (non-hydrogen) atoms. The maximum atomic E-state index is 10.7. The topological polar surface area (TPSA) is 20.3 Å². The first-order chi connectivity index (χ1) is 7.27. The van der Waals surface area contributed by atoms with Crippen molar-refractivity contribution < 1.29 is 4.79 Å². The van der Waals surface area contributed by atoms with Gasteiger partial charge < -0.3 is 9.69 Å². The van der Waals surface area contributed by atoms with Crippen molar-refractivity contribution in [3.05, 3.63) is 29.3 Å². The Bertz CT molecular complexity index is 373. The second kappa shape index (κ2) is 4.05. The molecule has 0 aliphatic carbocycles. The molecule has 1 aliphatic heterocycles. The monoisotopic (exact) mass is 203 g/mol. The fourth-order valence-electron chi connectivity index (χ4n) is 2.54. The number of anilines is 1. The van der Waals surface area contributed by atoms with Gasteiger partial charge in [0.25, 0.3) is 0 Å². The molecule has 0 spiro atoms. The Morgan fingerprint density at radius 1 is 1.53 bits per heavy atom. The van der Waals surface area contributed by atoms with Crippen LogP contribution < -0.4 is 4.90 Å². The third-order valence-electron chi connectivity index (χ3n) is 3.25. The summed E-state index contributed by atoms with van der Waals surface area (Å²) in [5, 5.41) is 0. The van der Waals surface area contributed by atoms with Gasteiger partial charge in [-0.2, -0.15) is 0 Å². The smallest absolute Gasteiger partial charge is 0.120 e. The molecular formula is C13H17NO. The van der Waals surface area contributed by atoms with Crippen LogP contribution in [-0.4, -0.2) is 19.4 Å². The van der Waals surface area contributed by atoms with E-state index >= 15 is 0 Å².